The first-order valence-corrected chi connectivity index (χ1v) is 10.0. The number of rotatable bonds is 3. The van der Waals surface area contributed by atoms with Crippen LogP contribution in [0.2, 0.25) is 0 Å². The van der Waals surface area contributed by atoms with Gasteiger partial charge in [-0.1, -0.05) is 26.0 Å². The third-order valence-electron chi connectivity index (χ3n) is 6.08. The Morgan fingerprint density at radius 2 is 1.71 bits per heavy atom. The highest BCUT2D eigenvalue weighted by Gasteiger charge is 2.42. The fourth-order valence-corrected chi connectivity index (χ4v) is 4.37. The summed E-state index contributed by atoms with van der Waals surface area (Å²) in [6.07, 6.45) is -0.222. The number of fused-ring (bicyclic) bond motifs is 1. The minimum atomic E-state index is -0.674. The Hall–Kier alpha value is -2.31. The maximum absolute atomic E-state index is 13.0. The topological polar surface area (TPSA) is 86.6 Å². The normalized spacial score (nSPS) is 27.1. The molecule has 0 spiro atoms. The van der Waals surface area contributed by atoms with Crippen molar-refractivity contribution < 1.29 is 15.0 Å². The molecule has 6 heteroatoms. The molecule has 2 heterocycles. The van der Waals surface area contributed by atoms with Crippen LogP contribution in [-0.2, 0) is 0 Å². The lowest BCUT2D eigenvalue weighted by atomic mass is 9.79. The zero-order chi connectivity index (χ0) is 19.8. The minimum absolute atomic E-state index is 0.00742. The van der Waals surface area contributed by atoms with E-state index in [0.717, 1.165) is 17.0 Å². The van der Waals surface area contributed by atoms with Gasteiger partial charge in [0.05, 0.1) is 23.6 Å². The van der Waals surface area contributed by atoms with Crippen molar-refractivity contribution in [1.29, 1.82) is 0 Å². The van der Waals surface area contributed by atoms with Gasteiger partial charge in [-0.2, -0.15) is 10.2 Å². The molecular formula is C22H27N3O3. The molecule has 1 aliphatic carbocycles. The second-order valence-electron chi connectivity index (χ2n) is 8.42. The van der Waals surface area contributed by atoms with Crippen LogP contribution in [0.15, 0.2) is 36.4 Å². The number of hydrogen-bond donors (Lipinski definition) is 2. The van der Waals surface area contributed by atoms with Gasteiger partial charge in [0.25, 0.3) is 5.91 Å². The zero-order valence-corrected chi connectivity index (χ0v) is 16.3. The molecule has 1 aromatic heterocycles. The van der Waals surface area contributed by atoms with Gasteiger partial charge < -0.3 is 15.1 Å². The van der Waals surface area contributed by atoms with Gasteiger partial charge in [-0.25, -0.2) is 0 Å². The molecule has 1 saturated heterocycles. The predicted octanol–water partition coefficient (Wildman–Crippen LogP) is 2.47. The lowest BCUT2D eigenvalue weighted by molar-refractivity contribution is -0.0372. The Bertz CT molecular complexity index is 834. The third kappa shape index (κ3) is 3.66. The van der Waals surface area contributed by atoms with E-state index in [1.165, 1.54) is 0 Å². The Kier molecular flexibility index (Phi) is 5.17. The Morgan fingerprint density at radius 1 is 1.04 bits per heavy atom. The zero-order valence-electron chi connectivity index (χ0n) is 16.3. The van der Waals surface area contributed by atoms with Crippen molar-refractivity contribution in [2.75, 3.05) is 13.1 Å². The first-order valence-electron chi connectivity index (χ1n) is 10.0. The highest BCUT2D eigenvalue weighted by Crippen LogP contribution is 2.37. The largest absolute Gasteiger partial charge is 0.390 e. The van der Waals surface area contributed by atoms with E-state index in [-0.39, 0.29) is 17.7 Å². The summed E-state index contributed by atoms with van der Waals surface area (Å²) in [6.45, 7) is 5.43. The van der Waals surface area contributed by atoms with Crippen molar-refractivity contribution in [2.45, 2.75) is 44.8 Å². The molecule has 1 aliphatic heterocycles. The van der Waals surface area contributed by atoms with Crippen molar-refractivity contribution in [3.8, 4) is 11.3 Å². The Labute approximate surface area is 165 Å². The number of carbonyl (C=O) groups is 1. The first-order chi connectivity index (χ1) is 13.4. The molecule has 28 heavy (non-hydrogen) atoms. The van der Waals surface area contributed by atoms with Gasteiger partial charge in [0.1, 0.15) is 0 Å². The molecule has 0 bridgehead atoms. The van der Waals surface area contributed by atoms with Gasteiger partial charge >= 0.3 is 0 Å². The van der Waals surface area contributed by atoms with Crippen molar-refractivity contribution >= 4 is 5.91 Å². The third-order valence-corrected chi connectivity index (χ3v) is 6.08. The van der Waals surface area contributed by atoms with E-state index in [1.807, 2.05) is 41.3 Å². The minimum Gasteiger partial charge on any atom is -0.390 e. The molecule has 4 rings (SSSR count). The molecule has 2 aliphatic rings. The summed E-state index contributed by atoms with van der Waals surface area (Å²) in [7, 11) is 0. The lowest BCUT2D eigenvalue weighted by Gasteiger charge is -2.31. The van der Waals surface area contributed by atoms with Crippen LogP contribution in [0, 0.1) is 11.8 Å². The summed E-state index contributed by atoms with van der Waals surface area (Å²) in [5.74, 6) is 0.845. The average Bonchev–Trinajstić information content (AvgIpc) is 3.10. The SMILES string of the molecule is CC(C)c1ccc(-c2cccc(C(=O)N3CC4CC(O)C(O)CC4C3)c2)nn1. The van der Waals surface area contributed by atoms with E-state index in [2.05, 4.69) is 24.0 Å². The summed E-state index contributed by atoms with van der Waals surface area (Å²) in [5, 5.41) is 28.4. The van der Waals surface area contributed by atoms with Crippen molar-refractivity contribution in [1.82, 2.24) is 15.1 Å². The second kappa shape index (κ2) is 7.60. The Morgan fingerprint density at radius 3 is 2.29 bits per heavy atom. The highest BCUT2D eigenvalue weighted by molar-refractivity contribution is 5.95. The number of benzene rings is 1. The van der Waals surface area contributed by atoms with Gasteiger partial charge in [0.15, 0.2) is 0 Å². The number of aliphatic hydroxyl groups excluding tert-OH is 2. The second-order valence-corrected chi connectivity index (χ2v) is 8.42. The number of hydrogen-bond acceptors (Lipinski definition) is 5. The van der Waals surface area contributed by atoms with Crippen molar-refractivity contribution in [3.05, 3.63) is 47.7 Å². The molecule has 4 unspecified atom stereocenters. The van der Waals surface area contributed by atoms with Crippen molar-refractivity contribution in [2.24, 2.45) is 11.8 Å². The monoisotopic (exact) mass is 381 g/mol. The average molecular weight is 381 g/mol. The van der Waals surface area contributed by atoms with Crippen LogP contribution in [0.25, 0.3) is 11.3 Å². The molecule has 0 radical (unpaired) electrons. The molecule has 4 atom stereocenters. The summed E-state index contributed by atoms with van der Waals surface area (Å²) >= 11 is 0. The molecule has 2 N–H and O–H groups in total. The number of aliphatic hydroxyl groups is 2. The van der Waals surface area contributed by atoms with Crippen LogP contribution in [-0.4, -0.2) is 56.5 Å². The van der Waals surface area contributed by atoms with Gasteiger partial charge in [-0.15, -0.1) is 0 Å². The van der Waals surface area contributed by atoms with E-state index >= 15 is 0 Å². The van der Waals surface area contributed by atoms with Gasteiger partial charge in [0.2, 0.25) is 0 Å². The molecule has 2 aromatic rings. The van der Waals surface area contributed by atoms with Crippen molar-refractivity contribution in [3.63, 3.8) is 0 Å². The lowest BCUT2D eigenvalue weighted by Crippen LogP contribution is -2.38. The maximum Gasteiger partial charge on any atom is 0.253 e. The van der Waals surface area contributed by atoms with E-state index in [1.54, 1.807) is 0 Å². The van der Waals surface area contributed by atoms with Crippen LogP contribution in [0.4, 0.5) is 0 Å². The number of aromatic nitrogens is 2. The van der Waals surface area contributed by atoms with Crippen LogP contribution in [0.5, 0.6) is 0 Å². The van der Waals surface area contributed by atoms with Gasteiger partial charge in [0, 0.05) is 24.2 Å². The number of amides is 1. The summed E-state index contributed by atoms with van der Waals surface area (Å²) in [4.78, 5) is 14.9. The summed E-state index contributed by atoms with van der Waals surface area (Å²) in [6, 6.07) is 11.4. The van der Waals surface area contributed by atoms with E-state index in [0.29, 0.717) is 37.4 Å². The quantitative estimate of drug-likeness (QED) is 0.853. The molecule has 2 fully saturated rings. The van der Waals surface area contributed by atoms with Gasteiger partial charge in [-0.3, -0.25) is 4.79 Å². The fourth-order valence-electron chi connectivity index (χ4n) is 4.37. The first kappa shape index (κ1) is 19.0. The summed E-state index contributed by atoms with van der Waals surface area (Å²) in [5.41, 5.74) is 3.20. The van der Waals surface area contributed by atoms with E-state index in [4.69, 9.17) is 0 Å². The van der Waals surface area contributed by atoms with E-state index < -0.39 is 12.2 Å². The maximum atomic E-state index is 13.0. The molecule has 6 nitrogen and oxygen atoms in total. The number of nitrogens with zero attached hydrogens (tertiary/aromatic N) is 3. The predicted molar refractivity (Wildman–Crippen MR) is 106 cm³/mol. The Balaban J connectivity index is 1.51. The van der Waals surface area contributed by atoms with Crippen LogP contribution >= 0.6 is 0 Å². The highest BCUT2D eigenvalue weighted by atomic mass is 16.3. The van der Waals surface area contributed by atoms with E-state index in [9.17, 15) is 15.0 Å². The van der Waals surface area contributed by atoms with Gasteiger partial charge in [-0.05, 0) is 54.9 Å². The summed E-state index contributed by atoms with van der Waals surface area (Å²) < 4.78 is 0. The smallest absolute Gasteiger partial charge is 0.253 e. The molecular weight excluding hydrogens is 354 g/mol. The number of carbonyl (C=O) groups excluding carboxylic acids is 1. The van der Waals surface area contributed by atoms with Crippen LogP contribution in [0.1, 0.15) is 48.7 Å². The molecule has 1 aromatic carbocycles. The standard InChI is InChI=1S/C22H27N3O3/c1-13(2)18-6-7-19(24-23-18)14-4-3-5-15(8-14)22(28)25-11-16-9-20(26)21(27)10-17(16)12-25/h3-8,13,16-17,20-21,26-27H,9-12H2,1-2H3. The number of likely N-dealkylation sites (tertiary alicyclic amines) is 1. The molecule has 1 saturated carbocycles. The molecule has 148 valence electrons. The van der Waals surface area contributed by atoms with Crippen LogP contribution in [0.3, 0.4) is 0 Å². The fraction of sp³-hybridized carbons (Fsp3) is 0.500. The molecule has 1 amide bonds. The van der Waals surface area contributed by atoms with Crippen LogP contribution < -0.4 is 0 Å².